The van der Waals surface area contributed by atoms with Crippen molar-refractivity contribution in [3.63, 3.8) is 0 Å². The Morgan fingerprint density at radius 2 is 1.91 bits per heavy atom. The van der Waals surface area contributed by atoms with Gasteiger partial charge >= 0.3 is 5.97 Å². The smallest absolute Gasteiger partial charge is 0.313 e. The van der Waals surface area contributed by atoms with E-state index in [-0.39, 0.29) is 19.7 Å². The molecular formula is C15H16F3NO3. The maximum atomic E-state index is 13.7. The standard InChI is InChI=1S/C15H16F3NO3/c1-3-22-14(21)15(2)6-7-19(8-15)13(20)11-9(16)4-5-10(17)12(11)18/h4-5H,3,6-8H2,1-2H3. The van der Waals surface area contributed by atoms with Crippen LogP contribution in [0, 0.1) is 22.9 Å². The van der Waals surface area contributed by atoms with E-state index in [0.29, 0.717) is 18.6 Å². The van der Waals surface area contributed by atoms with Crippen LogP contribution in [-0.4, -0.2) is 36.5 Å². The van der Waals surface area contributed by atoms with Crippen LogP contribution in [0.4, 0.5) is 13.2 Å². The van der Waals surface area contributed by atoms with Gasteiger partial charge in [0.15, 0.2) is 11.6 Å². The SMILES string of the molecule is CCOC(=O)C1(C)CCN(C(=O)c2c(F)ccc(F)c2F)C1. The maximum absolute atomic E-state index is 13.7. The summed E-state index contributed by atoms with van der Waals surface area (Å²) in [7, 11) is 0. The number of likely N-dealkylation sites (tertiary alicyclic amines) is 1. The Morgan fingerprint density at radius 3 is 2.55 bits per heavy atom. The summed E-state index contributed by atoms with van der Waals surface area (Å²) in [5, 5.41) is 0. The summed E-state index contributed by atoms with van der Waals surface area (Å²) in [6, 6.07) is 1.32. The Bertz CT molecular complexity index is 620. The molecule has 1 heterocycles. The summed E-state index contributed by atoms with van der Waals surface area (Å²) in [5.74, 6) is -5.38. The number of ether oxygens (including phenoxy) is 1. The molecule has 22 heavy (non-hydrogen) atoms. The van der Waals surface area contributed by atoms with E-state index in [2.05, 4.69) is 0 Å². The van der Waals surface area contributed by atoms with E-state index < -0.39 is 40.3 Å². The van der Waals surface area contributed by atoms with Crippen LogP contribution in [0.1, 0.15) is 30.6 Å². The van der Waals surface area contributed by atoms with Crippen molar-refractivity contribution in [3.8, 4) is 0 Å². The van der Waals surface area contributed by atoms with Gasteiger partial charge in [0.25, 0.3) is 5.91 Å². The van der Waals surface area contributed by atoms with Gasteiger partial charge in [-0.05, 0) is 32.4 Å². The predicted molar refractivity (Wildman–Crippen MR) is 71.6 cm³/mol. The number of carbonyl (C=O) groups is 2. The first-order valence-electron chi connectivity index (χ1n) is 6.90. The molecule has 0 bridgehead atoms. The van der Waals surface area contributed by atoms with Crippen molar-refractivity contribution in [2.75, 3.05) is 19.7 Å². The summed E-state index contributed by atoms with van der Waals surface area (Å²) >= 11 is 0. The molecule has 0 aliphatic carbocycles. The number of hydrogen-bond donors (Lipinski definition) is 0. The summed E-state index contributed by atoms with van der Waals surface area (Å²) in [4.78, 5) is 25.3. The molecule has 1 unspecified atom stereocenters. The van der Waals surface area contributed by atoms with Crippen molar-refractivity contribution in [2.24, 2.45) is 5.41 Å². The molecule has 0 radical (unpaired) electrons. The van der Waals surface area contributed by atoms with Crippen LogP contribution in [-0.2, 0) is 9.53 Å². The van der Waals surface area contributed by atoms with Crippen molar-refractivity contribution in [2.45, 2.75) is 20.3 Å². The normalized spacial score (nSPS) is 21.0. The number of esters is 1. The first-order valence-corrected chi connectivity index (χ1v) is 6.90. The van der Waals surface area contributed by atoms with Gasteiger partial charge in [-0.2, -0.15) is 0 Å². The number of benzene rings is 1. The molecule has 1 atom stereocenters. The topological polar surface area (TPSA) is 46.6 Å². The molecule has 1 fully saturated rings. The minimum atomic E-state index is -1.52. The highest BCUT2D eigenvalue weighted by atomic mass is 19.2. The molecule has 120 valence electrons. The van der Waals surface area contributed by atoms with Crippen molar-refractivity contribution < 1.29 is 27.5 Å². The van der Waals surface area contributed by atoms with Crippen molar-refractivity contribution in [1.82, 2.24) is 4.90 Å². The average molecular weight is 315 g/mol. The number of nitrogens with zero attached hydrogens (tertiary/aromatic N) is 1. The molecule has 1 aromatic rings. The molecule has 1 aliphatic heterocycles. The minimum absolute atomic E-state index is 0.0277. The number of hydrogen-bond acceptors (Lipinski definition) is 3. The second-order valence-corrected chi connectivity index (χ2v) is 5.48. The largest absolute Gasteiger partial charge is 0.466 e. The van der Waals surface area contributed by atoms with E-state index in [0.717, 1.165) is 4.90 Å². The van der Waals surface area contributed by atoms with E-state index in [4.69, 9.17) is 4.74 Å². The third-order valence-electron chi connectivity index (χ3n) is 3.79. The maximum Gasteiger partial charge on any atom is 0.313 e. The first kappa shape index (κ1) is 16.3. The minimum Gasteiger partial charge on any atom is -0.466 e. The Hall–Kier alpha value is -2.05. The predicted octanol–water partition coefficient (Wildman–Crippen LogP) is 2.52. The Kier molecular flexibility index (Phi) is 4.44. The van der Waals surface area contributed by atoms with Crippen molar-refractivity contribution >= 4 is 11.9 Å². The fourth-order valence-electron chi connectivity index (χ4n) is 2.49. The lowest BCUT2D eigenvalue weighted by atomic mass is 9.90. The summed E-state index contributed by atoms with van der Waals surface area (Å²) < 4.78 is 45.5. The fraction of sp³-hybridized carbons (Fsp3) is 0.467. The van der Waals surface area contributed by atoms with Gasteiger partial charge < -0.3 is 9.64 Å². The van der Waals surface area contributed by atoms with Crippen LogP contribution in [0.5, 0.6) is 0 Å². The van der Waals surface area contributed by atoms with E-state index in [1.807, 2.05) is 0 Å². The molecule has 0 aromatic heterocycles. The van der Waals surface area contributed by atoms with Crippen LogP contribution in [0.2, 0.25) is 0 Å². The molecule has 0 spiro atoms. The Labute approximate surface area is 125 Å². The zero-order valence-electron chi connectivity index (χ0n) is 12.3. The molecule has 0 saturated carbocycles. The number of carbonyl (C=O) groups excluding carboxylic acids is 2. The molecule has 1 aromatic carbocycles. The Morgan fingerprint density at radius 1 is 1.27 bits per heavy atom. The van der Waals surface area contributed by atoms with Gasteiger partial charge in [0.2, 0.25) is 0 Å². The monoisotopic (exact) mass is 315 g/mol. The number of rotatable bonds is 3. The second kappa shape index (κ2) is 5.98. The van der Waals surface area contributed by atoms with Crippen LogP contribution in [0.3, 0.4) is 0 Å². The van der Waals surface area contributed by atoms with Crippen LogP contribution in [0.25, 0.3) is 0 Å². The lowest BCUT2D eigenvalue weighted by Gasteiger charge is -2.22. The van der Waals surface area contributed by atoms with Crippen LogP contribution >= 0.6 is 0 Å². The highest BCUT2D eigenvalue weighted by molar-refractivity contribution is 5.95. The molecule has 1 saturated heterocycles. The van der Waals surface area contributed by atoms with Crippen molar-refractivity contribution in [1.29, 1.82) is 0 Å². The Balaban J connectivity index is 2.23. The third kappa shape index (κ3) is 2.80. The lowest BCUT2D eigenvalue weighted by molar-refractivity contribution is -0.153. The summed E-state index contributed by atoms with van der Waals surface area (Å²) in [6.45, 7) is 3.60. The fourth-order valence-corrected chi connectivity index (χ4v) is 2.49. The van der Waals surface area contributed by atoms with Gasteiger partial charge in [-0.15, -0.1) is 0 Å². The molecule has 2 rings (SSSR count). The number of amides is 1. The molecule has 0 N–H and O–H groups in total. The highest BCUT2D eigenvalue weighted by Gasteiger charge is 2.44. The molecule has 1 amide bonds. The van der Waals surface area contributed by atoms with Gasteiger partial charge in [0.1, 0.15) is 11.4 Å². The second-order valence-electron chi connectivity index (χ2n) is 5.48. The first-order chi connectivity index (χ1) is 10.3. The van der Waals surface area contributed by atoms with Gasteiger partial charge in [-0.25, -0.2) is 13.2 Å². The average Bonchev–Trinajstić information content (AvgIpc) is 2.87. The van der Waals surface area contributed by atoms with Gasteiger partial charge in [-0.1, -0.05) is 0 Å². The third-order valence-corrected chi connectivity index (χ3v) is 3.79. The quantitative estimate of drug-likeness (QED) is 0.636. The van der Waals surface area contributed by atoms with Crippen molar-refractivity contribution in [3.05, 3.63) is 35.1 Å². The van der Waals surface area contributed by atoms with Gasteiger partial charge in [0.05, 0.1) is 12.0 Å². The zero-order chi connectivity index (χ0) is 16.5. The highest BCUT2D eigenvalue weighted by Crippen LogP contribution is 2.33. The molecule has 7 heteroatoms. The van der Waals surface area contributed by atoms with Gasteiger partial charge in [0, 0.05) is 13.1 Å². The number of halogens is 3. The van der Waals surface area contributed by atoms with Gasteiger partial charge in [-0.3, -0.25) is 9.59 Å². The van der Waals surface area contributed by atoms with E-state index >= 15 is 0 Å². The zero-order valence-corrected chi connectivity index (χ0v) is 12.3. The lowest BCUT2D eigenvalue weighted by Crippen LogP contribution is -2.36. The van der Waals surface area contributed by atoms with E-state index in [1.54, 1.807) is 13.8 Å². The molecular weight excluding hydrogens is 299 g/mol. The molecule has 4 nitrogen and oxygen atoms in total. The van der Waals surface area contributed by atoms with Crippen LogP contribution in [0.15, 0.2) is 12.1 Å². The summed E-state index contributed by atoms with van der Waals surface area (Å²) in [5.41, 5.74) is -1.86. The molecule has 1 aliphatic rings. The summed E-state index contributed by atoms with van der Waals surface area (Å²) in [6.07, 6.45) is 0.316. The van der Waals surface area contributed by atoms with Crippen LogP contribution < -0.4 is 0 Å². The van der Waals surface area contributed by atoms with E-state index in [1.165, 1.54) is 0 Å². The van der Waals surface area contributed by atoms with E-state index in [9.17, 15) is 22.8 Å².